The molecule has 3 heterocycles. The van der Waals surface area contributed by atoms with E-state index in [0.29, 0.717) is 30.4 Å². The van der Waals surface area contributed by atoms with Crippen LogP contribution < -0.4 is 0 Å². The lowest BCUT2D eigenvalue weighted by molar-refractivity contribution is -0.137. The van der Waals surface area contributed by atoms with Crippen LogP contribution in [0.1, 0.15) is 24.2 Å². The van der Waals surface area contributed by atoms with E-state index < -0.39 is 11.7 Å². The molecule has 0 N–H and O–H groups in total. The number of allylic oxidation sites excluding steroid dienone is 1. The summed E-state index contributed by atoms with van der Waals surface area (Å²) in [6, 6.07) is 5.03. The fraction of sp³-hybridized carbons (Fsp3) is 0.235. The van der Waals surface area contributed by atoms with E-state index in [2.05, 4.69) is 15.1 Å². The Morgan fingerprint density at radius 3 is 2.81 bits per heavy atom. The van der Waals surface area contributed by atoms with Crippen molar-refractivity contribution in [2.45, 2.75) is 19.0 Å². The molecule has 0 saturated carbocycles. The van der Waals surface area contributed by atoms with Gasteiger partial charge in [0.2, 0.25) is 5.82 Å². The molecule has 0 atom stereocenters. The molecular weight excluding hydrogens is 365 g/mol. The van der Waals surface area contributed by atoms with Crippen LogP contribution >= 0.6 is 11.3 Å². The fourth-order valence-corrected chi connectivity index (χ4v) is 3.20. The number of alkyl halides is 3. The third-order valence-corrected chi connectivity index (χ3v) is 4.49. The van der Waals surface area contributed by atoms with Crippen LogP contribution in [0.2, 0.25) is 0 Å². The van der Waals surface area contributed by atoms with Crippen LogP contribution in [0.4, 0.5) is 13.2 Å². The van der Waals surface area contributed by atoms with Crippen LogP contribution in [0.25, 0.3) is 22.8 Å². The van der Waals surface area contributed by atoms with Crippen LogP contribution in [0.3, 0.4) is 0 Å². The molecule has 5 nitrogen and oxygen atoms in total. The molecule has 4 rings (SSSR count). The molecular formula is C17H13F3N4OS. The minimum absolute atomic E-state index is 0.287. The Bertz CT molecular complexity index is 947. The van der Waals surface area contributed by atoms with Gasteiger partial charge in [0.1, 0.15) is 5.69 Å². The van der Waals surface area contributed by atoms with E-state index in [1.165, 1.54) is 22.1 Å². The Morgan fingerprint density at radius 2 is 2.12 bits per heavy atom. The summed E-state index contributed by atoms with van der Waals surface area (Å²) in [6.45, 7) is 0.611. The van der Waals surface area contributed by atoms with Crippen molar-refractivity contribution >= 4 is 16.9 Å². The molecule has 0 radical (unpaired) electrons. The van der Waals surface area contributed by atoms with Crippen molar-refractivity contribution in [3.05, 3.63) is 52.8 Å². The van der Waals surface area contributed by atoms with Gasteiger partial charge in [-0.1, -0.05) is 6.07 Å². The summed E-state index contributed by atoms with van der Waals surface area (Å²) in [4.78, 5) is 8.70. The average molecular weight is 378 g/mol. The summed E-state index contributed by atoms with van der Waals surface area (Å²) in [5.74, 6) is 0.831. The number of benzene rings is 1. The second-order valence-electron chi connectivity index (χ2n) is 5.71. The van der Waals surface area contributed by atoms with Crippen molar-refractivity contribution in [3.8, 4) is 17.2 Å². The number of ether oxygens (including phenoxy) is 1. The van der Waals surface area contributed by atoms with Gasteiger partial charge in [-0.3, -0.25) is 0 Å². The van der Waals surface area contributed by atoms with Crippen molar-refractivity contribution in [2.75, 3.05) is 6.61 Å². The molecule has 0 fully saturated rings. The first-order valence-corrected chi connectivity index (χ1v) is 8.81. The molecule has 1 aliphatic heterocycles. The first-order chi connectivity index (χ1) is 12.5. The first-order valence-electron chi connectivity index (χ1n) is 7.86. The zero-order chi connectivity index (χ0) is 18.1. The van der Waals surface area contributed by atoms with Crippen molar-refractivity contribution in [1.82, 2.24) is 19.7 Å². The molecule has 1 aliphatic rings. The summed E-state index contributed by atoms with van der Waals surface area (Å²) in [5.41, 5.74) is 2.58. The van der Waals surface area contributed by atoms with E-state index in [0.717, 1.165) is 24.1 Å². The summed E-state index contributed by atoms with van der Waals surface area (Å²) in [7, 11) is 0. The highest BCUT2D eigenvalue weighted by Crippen LogP contribution is 2.32. The predicted molar refractivity (Wildman–Crippen MR) is 90.6 cm³/mol. The number of hydrogen-bond acceptors (Lipinski definition) is 5. The molecule has 0 aliphatic carbocycles. The maximum atomic E-state index is 13.1. The van der Waals surface area contributed by atoms with Crippen LogP contribution in [0.15, 0.2) is 41.4 Å². The third kappa shape index (κ3) is 3.22. The number of rotatable bonds is 3. The highest BCUT2D eigenvalue weighted by molar-refractivity contribution is 7.07. The largest absolute Gasteiger partial charge is 0.501 e. The number of aromatic nitrogens is 4. The molecule has 0 amide bonds. The lowest BCUT2D eigenvalue weighted by Crippen LogP contribution is -2.09. The second-order valence-corrected chi connectivity index (χ2v) is 6.43. The van der Waals surface area contributed by atoms with Crippen molar-refractivity contribution < 1.29 is 17.9 Å². The van der Waals surface area contributed by atoms with Gasteiger partial charge in [-0.05, 0) is 31.0 Å². The maximum absolute atomic E-state index is 13.1. The molecule has 9 heteroatoms. The van der Waals surface area contributed by atoms with E-state index >= 15 is 0 Å². The SMILES string of the molecule is FC(F)(F)c1cccc(-n2nc(-c3cscn3)nc2C2=COCCC2)c1. The zero-order valence-corrected chi connectivity index (χ0v) is 14.2. The summed E-state index contributed by atoms with van der Waals surface area (Å²) >= 11 is 1.40. The average Bonchev–Trinajstić information content (AvgIpc) is 3.31. The monoisotopic (exact) mass is 378 g/mol. The van der Waals surface area contributed by atoms with Gasteiger partial charge >= 0.3 is 6.18 Å². The Labute approximate surface area is 150 Å². The Balaban J connectivity index is 1.85. The molecule has 2 aromatic heterocycles. The van der Waals surface area contributed by atoms with Crippen molar-refractivity contribution in [3.63, 3.8) is 0 Å². The summed E-state index contributed by atoms with van der Waals surface area (Å²) in [5, 5.41) is 6.20. The first kappa shape index (κ1) is 16.8. The van der Waals surface area contributed by atoms with Crippen LogP contribution in [-0.4, -0.2) is 26.4 Å². The van der Waals surface area contributed by atoms with Gasteiger partial charge < -0.3 is 4.74 Å². The number of nitrogens with zero attached hydrogens (tertiary/aromatic N) is 4. The number of halogens is 3. The molecule has 0 bridgehead atoms. The molecule has 0 saturated heterocycles. The van der Waals surface area contributed by atoms with Crippen molar-refractivity contribution in [2.24, 2.45) is 0 Å². The third-order valence-electron chi connectivity index (χ3n) is 3.91. The van der Waals surface area contributed by atoms with Gasteiger partial charge in [0.05, 0.1) is 29.6 Å². The lowest BCUT2D eigenvalue weighted by atomic mass is 10.1. The smallest absolute Gasteiger partial charge is 0.416 e. The standard InChI is InChI=1S/C17H13F3N4OS/c18-17(19,20)12-4-1-5-13(7-12)24-16(11-3-2-6-25-8-11)22-15(23-24)14-9-26-10-21-14/h1,4-5,7-10H,2-3,6H2. The summed E-state index contributed by atoms with van der Waals surface area (Å²) < 4.78 is 46.0. The van der Waals surface area contributed by atoms with Crippen LogP contribution in [0.5, 0.6) is 0 Å². The van der Waals surface area contributed by atoms with Gasteiger partial charge in [0.15, 0.2) is 5.82 Å². The minimum Gasteiger partial charge on any atom is -0.501 e. The maximum Gasteiger partial charge on any atom is 0.416 e. The van der Waals surface area contributed by atoms with Gasteiger partial charge in [0, 0.05) is 11.0 Å². The Hall–Kier alpha value is -2.68. The minimum atomic E-state index is -4.43. The number of thiazole rings is 1. The van der Waals surface area contributed by atoms with Gasteiger partial charge in [0.25, 0.3) is 0 Å². The van der Waals surface area contributed by atoms with E-state index in [1.54, 1.807) is 23.2 Å². The molecule has 134 valence electrons. The molecule has 3 aromatic rings. The van der Waals surface area contributed by atoms with Crippen LogP contribution in [-0.2, 0) is 10.9 Å². The molecule has 0 unspecified atom stereocenters. The molecule has 26 heavy (non-hydrogen) atoms. The summed E-state index contributed by atoms with van der Waals surface area (Å²) in [6.07, 6.45) is -1.30. The second kappa shape index (κ2) is 6.56. The highest BCUT2D eigenvalue weighted by atomic mass is 32.1. The van der Waals surface area contributed by atoms with Crippen molar-refractivity contribution in [1.29, 1.82) is 0 Å². The Kier molecular flexibility index (Phi) is 4.23. The fourth-order valence-electron chi connectivity index (χ4n) is 2.67. The predicted octanol–water partition coefficient (Wildman–Crippen LogP) is 4.56. The van der Waals surface area contributed by atoms with E-state index in [4.69, 9.17) is 4.74 Å². The highest BCUT2D eigenvalue weighted by Gasteiger charge is 2.31. The van der Waals surface area contributed by atoms with Gasteiger partial charge in [-0.2, -0.15) is 13.2 Å². The van der Waals surface area contributed by atoms with E-state index in [-0.39, 0.29) is 5.69 Å². The molecule has 0 spiro atoms. The van der Waals surface area contributed by atoms with Gasteiger partial charge in [-0.25, -0.2) is 14.6 Å². The van der Waals surface area contributed by atoms with Crippen LogP contribution in [0, 0.1) is 0 Å². The zero-order valence-electron chi connectivity index (χ0n) is 13.4. The molecule has 1 aromatic carbocycles. The number of hydrogen-bond donors (Lipinski definition) is 0. The lowest BCUT2D eigenvalue weighted by Gasteiger charge is -2.14. The normalized spacial score (nSPS) is 14.8. The topological polar surface area (TPSA) is 52.8 Å². The Morgan fingerprint density at radius 1 is 1.23 bits per heavy atom. The van der Waals surface area contributed by atoms with E-state index in [1.807, 2.05) is 0 Å². The van der Waals surface area contributed by atoms with Gasteiger partial charge in [-0.15, -0.1) is 16.4 Å². The van der Waals surface area contributed by atoms with E-state index in [9.17, 15) is 13.2 Å². The quantitative estimate of drug-likeness (QED) is 0.670.